The first-order valence-corrected chi connectivity index (χ1v) is 7.44. The molecule has 0 aliphatic carbocycles. The van der Waals surface area contributed by atoms with Crippen LogP contribution in [0.15, 0.2) is 0 Å². The van der Waals surface area contributed by atoms with Gasteiger partial charge in [0.25, 0.3) is 0 Å². The quantitative estimate of drug-likeness (QED) is 0.771. The minimum absolute atomic E-state index is 0.245. The maximum absolute atomic E-state index is 12.2. The first-order valence-electron chi connectivity index (χ1n) is 7.44. The first kappa shape index (κ1) is 12.4. The fourth-order valence-corrected chi connectivity index (χ4v) is 3.76. The van der Waals surface area contributed by atoms with Gasteiger partial charge in [-0.15, -0.1) is 0 Å². The van der Waals surface area contributed by atoms with E-state index in [1.54, 1.807) is 0 Å². The van der Waals surface area contributed by atoms with Crippen LogP contribution in [0.3, 0.4) is 0 Å². The van der Waals surface area contributed by atoms with Crippen molar-refractivity contribution in [1.82, 2.24) is 15.5 Å². The molecular formula is C14H25N3O. The van der Waals surface area contributed by atoms with E-state index in [4.69, 9.17) is 0 Å². The maximum atomic E-state index is 12.2. The fraction of sp³-hybridized carbons (Fsp3) is 0.929. The van der Waals surface area contributed by atoms with Crippen LogP contribution in [0.2, 0.25) is 0 Å². The lowest BCUT2D eigenvalue weighted by atomic mass is 9.88. The summed E-state index contributed by atoms with van der Waals surface area (Å²) in [7, 11) is 2.18. The standard InChI is InChI=1S/C14H25N3O/c1-17-6-4-10(5-7-17)9-15-14(18)12-8-11-2-3-13(12)16-11/h10-13,16H,2-9H2,1H3,(H,15,18). The van der Waals surface area contributed by atoms with Crippen LogP contribution in [-0.2, 0) is 4.79 Å². The number of likely N-dealkylation sites (tertiary alicyclic amines) is 1. The van der Waals surface area contributed by atoms with Gasteiger partial charge in [0.05, 0.1) is 5.92 Å². The molecule has 102 valence electrons. The molecule has 0 spiro atoms. The van der Waals surface area contributed by atoms with E-state index in [9.17, 15) is 4.79 Å². The topological polar surface area (TPSA) is 44.4 Å². The van der Waals surface area contributed by atoms with E-state index in [0.717, 1.165) is 13.0 Å². The summed E-state index contributed by atoms with van der Waals surface area (Å²) in [4.78, 5) is 14.6. The summed E-state index contributed by atoms with van der Waals surface area (Å²) in [6, 6.07) is 1.08. The zero-order chi connectivity index (χ0) is 12.5. The summed E-state index contributed by atoms with van der Waals surface area (Å²) in [5.74, 6) is 1.24. The van der Waals surface area contributed by atoms with Gasteiger partial charge in [0.15, 0.2) is 0 Å². The van der Waals surface area contributed by atoms with E-state index in [-0.39, 0.29) is 5.92 Å². The molecule has 3 fully saturated rings. The molecule has 3 atom stereocenters. The molecule has 2 bridgehead atoms. The molecule has 3 rings (SSSR count). The molecule has 3 heterocycles. The lowest BCUT2D eigenvalue weighted by Gasteiger charge is -2.29. The molecule has 2 N–H and O–H groups in total. The highest BCUT2D eigenvalue weighted by molar-refractivity contribution is 5.80. The smallest absolute Gasteiger partial charge is 0.224 e. The van der Waals surface area contributed by atoms with Crippen molar-refractivity contribution in [3.05, 3.63) is 0 Å². The third-order valence-corrected chi connectivity index (χ3v) is 5.04. The van der Waals surface area contributed by atoms with E-state index >= 15 is 0 Å². The van der Waals surface area contributed by atoms with Crippen molar-refractivity contribution in [2.45, 2.75) is 44.2 Å². The third kappa shape index (κ3) is 2.54. The highest BCUT2D eigenvalue weighted by Crippen LogP contribution is 2.33. The van der Waals surface area contributed by atoms with Gasteiger partial charge in [-0.1, -0.05) is 0 Å². The summed E-state index contributed by atoms with van der Waals surface area (Å²) < 4.78 is 0. The van der Waals surface area contributed by atoms with Crippen LogP contribution in [0.25, 0.3) is 0 Å². The number of amides is 1. The predicted molar refractivity (Wildman–Crippen MR) is 71.3 cm³/mol. The van der Waals surface area contributed by atoms with Crippen molar-refractivity contribution in [2.75, 3.05) is 26.7 Å². The summed E-state index contributed by atoms with van der Waals surface area (Å²) in [6.45, 7) is 3.24. The molecule has 4 nitrogen and oxygen atoms in total. The molecule has 1 amide bonds. The van der Waals surface area contributed by atoms with Crippen LogP contribution in [0.1, 0.15) is 32.1 Å². The Bertz CT molecular complexity index is 312. The number of carbonyl (C=O) groups is 1. The second-order valence-corrected chi connectivity index (χ2v) is 6.38. The van der Waals surface area contributed by atoms with Crippen LogP contribution in [0.4, 0.5) is 0 Å². The van der Waals surface area contributed by atoms with Gasteiger partial charge in [-0.2, -0.15) is 0 Å². The zero-order valence-electron chi connectivity index (χ0n) is 11.3. The van der Waals surface area contributed by atoms with E-state index in [1.807, 2.05) is 0 Å². The monoisotopic (exact) mass is 251 g/mol. The molecular weight excluding hydrogens is 226 g/mol. The van der Waals surface area contributed by atoms with Gasteiger partial charge < -0.3 is 15.5 Å². The minimum Gasteiger partial charge on any atom is -0.356 e. The molecule has 3 aliphatic rings. The van der Waals surface area contributed by atoms with Crippen LogP contribution in [-0.4, -0.2) is 49.6 Å². The van der Waals surface area contributed by atoms with E-state index in [0.29, 0.717) is 23.9 Å². The fourth-order valence-electron chi connectivity index (χ4n) is 3.76. The summed E-state index contributed by atoms with van der Waals surface area (Å²) >= 11 is 0. The van der Waals surface area contributed by atoms with Crippen molar-refractivity contribution < 1.29 is 4.79 Å². The van der Waals surface area contributed by atoms with Crippen LogP contribution >= 0.6 is 0 Å². The molecule has 3 unspecified atom stereocenters. The number of nitrogens with zero attached hydrogens (tertiary/aromatic N) is 1. The Morgan fingerprint density at radius 1 is 1.28 bits per heavy atom. The van der Waals surface area contributed by atoms with Gasteiger partial charge in [0.2, 0.25) is 5.91 Å². The van der Waals surface area contributed by atoms with Gasteiger partial charge in [0.1, 0.15) is 0 Å². The van der Waals surface area contributed by atoms with E-state index in [2.05, 4.69) is 22.6 Å². The second-order valence-electron chi connectivity index (χ2n) is 6.38. The number of carbonyl (C=O) groups excluding carboxylic acids is 1. The van der Waals surface area contributed by atoms with Crippen LogP contribution in [0, 0.1) is 11.8 Å². The molecule has 0 aromatic heterocycles. The predicted octanol–water partition coefficient (Wildman–Crippen LogP) is 0.585. The highest BCUT2D eigenvalue weighted by atomic mass is 16.1. The van der Waals surface area contributed by atoms with Crippen molar-refractivity contribution in [3.63, 3.8) is 0 Å². The Kier molecular flexibility index (Phi) is 3.57. The Hall–Kier alpha value is -0.610. The molecule has 0 radical (unpaired) electrons. The number of nitrogens with one attached hydrogen (secondary N) is 2. The number of hydrogen-bond donors (Lipinski definition) is 2. The molecule has 3 aliphatic heterocycles. The Labute approximate surface area is 109 Å². The Morgan fingerprint density at radius 3 is 2.67 bits per heavy atom. The molecule has 0 aromatic carbocycles. The van der Waals surface area contributed by atoms with Crippen LogP contribution < -0.4 is 10.6 Å². The zero-order valence-corrected chi connectivity index (χ0v) is 11.3. The van der Waals surface area contributed by atoms with E-state index in [1.165, 1.54) is 38.8 Å². The molecule has 18 heavy (non-hydrogen) atoms. The first-order chi connectivity index (χ1) is 8.72. The lowest BCUT2D eigenvalue weighted by Crippen LogP contribution is -2.41. The van der Waals surface area contributed by atoms with Gasteiger partial charge >= 0.3 is 0 Å². The summed E-state index contributed by atoms with van der Waals surface area (Å²) in [5, 5.41) is 6.73. The Balaban J connectivity index is 1.42. The highest BCUT2D eigenvalue weighted by Gasteiger charge is 2.42. The Morgan fingerprint density at radius 2 is 2.06 bits per heavy atom. The number of hydrogen-bond acceptors (Lipinski definition) is 3. The van der Waals surface area contributed by atoms with E-state index < -0.39 is 0 Å². The van der Waals surface area contributed by atoms with Gasteiger partial charge in [-0.25, -0.2) is 0 Å². The maximum Gasteiger partial charge on any atom is 0.224 e. The largest absolute Gasteiger partial charge is 0.356 e. The average molecular weight is 251 g/mol. The number of piperidine rings is 1. The number of fused-ring (bicyclic) bond motifs is 2. The van der Waals surface area contributed by atoms with Crippen LogP contribution in [0.5, 0.6) is 0 Å². The SMILES string of the molecule is CN1CCC(CNC(=O)C2CC3CCC2N3)CC1. The van der Waals surface area contributed by atoms with Crippen molar-refractivity contribution in [2.24, 2.45) is 11.8 Å². The lowest BCUT2D eigenvalue weighted by molar-refractivity contribution is -0.125. The number of rotatable bonds is 3. The normalized spacial score (nSPS) is 37.1. The molecule has 4 heteroatoms. The molecule has 0 saturated carbocycles. The van der Waals surface area contributed by atoms with Crippen molar-refractivity contribution >= 4 is 5.91 Å². The molecule has 3 saturated heterocycles. The van der Waals surface area contributed by atoms with Gasteiger partial charge in [-0.3, -0.25) is 4.79 Å². The minimum atomic E-state index is 0.245. The van der Waals surface area contributed by atoms with Gasteiger partial charge in [0, 0.05) is 18.6 Å². The van der Waals surface area contributed by atoms with Gasteiger partial charge in [-0.05, 0) is 58.2 Å². The van der Waals surface area contributed by atoms with Crippen molar-refractivity contribution in [1.29, 1.82) is 0 Å². The molecule has 0 aromatic rings. The van der Waals surface area contributed by atoms with Crippen molar-refractivity contribution in [3.8, 4) is 0 Å². The second kappa shape index (κ2) is 5.17. The third-order valence-electron chi connectivity index (χ3n) is 5.04. The summed E-state index contributed by atoms with van der Waals surface area (Å²) in [5.41, 5.74) is 0. The summed E-state index contributed by atoms with van der Waals surface area (Å²) in [6.07, 6.45) is 5.97. The average Bonchev–Trinajstić information content (AvgIpc) is 3.00.